The Morgan fingerprint density at radius 2 is 2.05 bits per heavy atom. The van der Waals surface area contributed by atoms with Gasteiger partial charge in [-0.15, -0.1) is 11.6 Å². The summed E-state index contributed by atoms with van der Waals surface area (Å²) in [5, 5.41) is 0. The number of aryl methyl sites for hydroxylation is 1. The maximum absolute atomic E-state index is 13.0. The van der Waals surface area contributed by atoms with E-state index in [0.717, 1.165) is 30.4 Å². The molecule has 1 heterocycles. The maximum Gasteiger partial charge on any atom is 0.243 e. The van der Waals surface area contributed by atoms with E-state index in [1.54, 1.807) is 10.4 Å². The van der Waals surface area contributed by atoms with E-state index in [1.165, 1.54) is 0 Å². The van der Waals surface area contributed by atoms with Gasteiger partial charge in [-0.3, -0.25) is 0 Å². The SMILES string of the molecule is CCc1ccc(CCl)cc1S(=O)(=O)N1CCCC(C)CC1. The van der Waals surface area contributed by atoms with Crippen molar-refractivity contribution in [3.8, 4) is 0 Å². The smallest absolute Gasteiger partial charge is 0.207 e. The van der Waals surface area contributed by atoms with Gasteiger partial charge in [-0.25, -0.2) is 8.42 Å². The topological polar surface area (TPSA) is 37.4 Å². The van der Waals surface area contributed by atoms with E-state index in [2.05, 4.69) is 6.92 Å². The average molecular weight is 330 g/mol. The van der Waals surface area contributed by atoms with Crippen LogP contribution >= 0.6 is 11.6 Å². The Kier molecular flexibility index (Phi) is 5.69. The molecule has 1 atom stereocenters. The first-order valence-corrected chi connectivity index (χ1v) is 9.64. The van der Waals surface area contributed by atoms with E-state index in [0.29, 0.717) is 36.2 Å². The van der Waals surface area contributed by atoms with Crippen molar-refractivity contribution in [2.24, 2.45) is 5.92 Å². The molecule has 1 saturated heterocycles. The molecule has 0 bridgehead atoms. The Labute approximate surface area is 133 Å². The molecule has 0 N–H and O–H groups in total. The molecule has 0 spiro atoms. The highest BCUT2D eigenvalue weighted by atomic mass is 35.5. The fourth-order valence-corrected chi connectivity index (χ4v) is 4.83. The molecule has 1 aromatic rings. The van der Waals surface area contributed by atoms with Crippen LogP contribution in [0.1, 0.15) is 44.2 Å². The number of benzene rings is 1. The molecule has 0 radical (unpaired) electrons. The van der Waals surface area contributed by atoms with Gasteiger partial charge in [0, 0.05) is 19.0 Å². The van der Waals surface area contributed by atoms with Gasteiger partial charge in [0.2, 0.25) is 10.0 Å². The highest BCUT2D eigenvalue weighted by Gasteiger charge is 2.28. The molecular weight excluding hydrogens is 306 g/mol. The summed E-state index contributed by atoms with van der Waals surface area (Å²) < 4.78 is 27.6. The summed E-state index contributed by atoms with van der Waals surface area (Å²) in [5.74, 6) is 0.939. The zero-order valence-electron chi connectivity index (χ0n) is 12.8. The molecule has 118 valence electrons. The first kappa shape index (κ1) is 16.8. The van der Waals surface area contributed by atoms with Crippen LogP contribution in [0, 0.1) is 5.92 Å². The molecule has 0 saturated carbocycles. The fraction of sp³-hybridized carbons (Fsp3) is 0.625. The molecule has 1 aliphatic rings. The number of sulfonamides is 1. The van der Waals surface area contributed by atoms with Crippen LogP contribution in [0.3, 0.4) is 0 Å². The number of nitrogens with zero attached hydrogens (tertiary/aromatic N) is 1. The molecular formula is C16H24ClNO2S. The van der Waals surface area contributed by atoms with Gasteiger partial charge in [0.25, 0.3) is 0 Å². The second-order valence-electron chi connectivity index (χ2n) is 5.87. The van der Waals surface area contributed by atoms with Gasteiger partial charge in [-0.2, -0.15) is 4.31 Å². The lowest BCUT2D eigenvalue weighted by atomic mass is 10.0. The van der Waals surface area contributed by atoms with Crippen molar-refractivity contribution in [1.82, 2.24) is 4.31 Å². The van der Waals surface area contributed by atoms with Crippen molar-refractivity contribution in [3.05, 3.63) is 29.3 Å². The first-order valence-electron chi connectivity index (χ1n) is 7.67. The van der Waals surface area contributed by atoms with Crippen molar-refractivity contribution in [2.45, 2.75) is 50.3 Å². The molecule has 2 rings (SSSR count). The maximum atomic E-state index is 13.0. The summed E-state index contributed by atoms with van der Waals surface area (Å²) in [6.45, 7) is 5.43. The summed E-state index contributed by atoms with van der Waals surface area (Å²) in [6.07, 6.45) is 3.70. The minimum Gasteiger partial charge on any atom is -0.207 e. The molecule has 0 amide bonds. The summed E-state index contributed by atoms with van der Waals surface area (Å²) in [6, 6.07) is 5.55. The monoisotopic (exact) mass is 329 g/mol. The van der Waals surface area contributed by atoms with E-state index in [1.807, 2.05) is 19.1 Å². The Bertz CT molecular complexity index is 586. The zero-order chi connectivity index (χ0) is 15.5. The molecule has 1 unspecified atom stereocenters. The first-order chi connectivity index (χ1) is 9.98. The van der Waals surface area contributed by atoms with Gasteiger partial charge in [0.1, 0.15) is 0 Å². The van der Waals surface area contributed by atoms with Crippen LogP contribution in [0.5, 0.6) is 0 Å². The lowest BCUT2D eigenvalue weighted by Crippen LogP contribution is -2.32. The average Bonchev–Trinajstić information content (AvgIpc) is 2.71. The summed E-state index contributed by atoms with van der Waals surface area (Å²) in [4.78, 5) is 0.442. The molecule has 3 nitrogen and oxygen atoms in total. The highest BCUT2D eigenvalue weighted by Crippen LogP contribution is 2.26. The molecule has 1 aliphatic heterocycles. The second-order valence-corrected chi connectivity index (χ2v) is 8.04. The fourth-order valence-electron chi connectivity index (χ4n) is 2.83. The van der Waals surface area contributed by atoms with Crippen molar-refractivity contribution in [1.29, 1.82) is 0 Å². The van der Waals surface area contributed by atoms with Gasteiger partial charge < -0.3 is 0 Å². The second kappa shape index (κ2) is 7.12. The van der Waals surface area contributed by atoms with Gasteiger partial charge in [0.15, 0.2) is 0 Å². The van der Waals surface area contributed by atoms with Crippen LogP contribution in [0.2, 0.25) is 0 Å². The van der Waals surface area contributed by atoms with E-state index < -0.39 is 10.0 Å². The number of alkyl halides is 1. The van der Waals surface area contributed by atoms with E-state index in [4.69, 9.17) is 11.6 Å². The molecule has 5 heteroatoms. The number of rotatable bonds is 4. The summed E-state index contributed by atoms with van der Waals surface area (Å²) in [5.41, 5.74) is 1.73. The number of hydrogen-bond donors (Lipinski definition) is 0. The molecule has 1 fully saturated rings. The third kappa shape index (κ3) is 3.79. The van der Waals surface area contributed by atoms with Crippen molar-refractivity contribution >= 4 is 21.6 Å². The molecule has 1 aromatic carbocycles. The molecule has 0 aromatic heterocycles. The van der Waals surface area contributed by atoms with E-state index >= 15 is 0 Å². The Balaban J connectivity index is 2.38. The van der Waals surface area contributed by atoms with Crippen molar-refractivity contribution in [2.75, 3.05) is 13.1 Å². The lowest BCUT2D eigenvalue weighted by molar-refractivity contribution is 0.416. The third-order valence-corrected chi connectivity index (χ3v) is 6.55. The van der Waals surface area contributed by atoms with Crippen LogP contribution in [-0.2, 0) is 22.3 Å². The highest BCUT2D eigenvalue weighted by molar-refractivity contribution is 7.89. The minimum absolute atomic E-state index is 0.337. The number of hydrogen-bond acceptors (Lipinski definition) is 2. The predicted molar refractivity (Wildman–Crippen MR) is 87.2 cm³/mol. The van der Waals surface area contributed by atoms with Gasteiger partial charge in [0.05, 0.1) is 4.90 Å². The van der Waals surface area contributed by atoms with Gasteiger partial charge in [-0.05, 0) is 48.8 Å². The summed E-state index contributed by atoms with van der Waals surface area (Å²) in [7, 11) is -3.41. The molecule has 21 heavy (non-hydrogen) atoms. The van der Waals surface area contributed by atoms with Crippen LogP contribution in [0.4, 0.5) is 0 Å². The van der Waals surface area contributed by atoms with Crippen LogP contribution in [-0.4, -0.2) is 25.8 Å². The summed E-state index contributed by atoms with van der Waals surface area (Å²) >= 11 is 5.87. The van der Waals surface area contributed by atoms with Crippen molar-refractivity contribution < 1.29 is 8.42 Å². The largest absolute Gasteiger partial charge is 0.243 e. The van der Waals surface area contributed by atoms with Crippen LogP contribution in [0.25, 0.3) is 0 Å². The third-order valence-electron chi connectivity index (χ3n) is 4.26. The Hall–Kier alpha value is -0.580. The van der Waals surface area contributed by atoms with Crippen LogP contribution in [0.15, 0.2) is 23.1 Å². The number of halogens is 1. The van der Waals surface area contributed by atoms with Gasteiger partial charge in [-0.1, -0.05) is 26.0 Å². The van der Waals surface area contributed by atoms with Crippen LogP contribution < -0.4 is 0 Å². The lowest BCUT2D eigenvalue weighted by Gasteiger charge is -2.22. The van der Waals surface area contributed by atoms with E-state index in [-0.39, 0.29) is 0 Å². The molecule has 0 aliphatic carbocycles. The Morgan fingerprint density at radius 1 is 1.29 bits per heavy atom. The quantitative estimate of drug-likeness (QED) is 0.788. The Morgan fingerprint density at radius 3 is 2.71 bits per heavy atom. The normalized spacial score (nSPS) is 21.2. The minimum atomic E-state index is -3.41. The van der Waals surface area contributed by atoms with E-state index in [9.17, 15) is 8.42 Å². The van der Waals surface area contributed by atoms with Gasteiger partial charge >= 0.3 is 0 Å². The predicted octanol–water partition coefficient (Wildman–Crippen LogP) is 3.80. The zero-order valence-corrected chi connectivity index (χ0v) is 14.4. The van der Waals surface area contributed by atoms with Crippen molar-refractivity contribution in [3.63, 3.8) is 0 Å². The standard InChI is InChI=1S/C16H24ClNO2S/c1-3-15-7-6-14(12-17)11-16(15)21(19,20)18-9-4-5-13(2)8-10-18/h6-7,11,13H,3-5,8-10,12H2,1-2H3.